The van der Waals surface area contributed by atoms with E-state index in [1.807, 2.05) is 60.7 Å². The maximum Gasteiger partial charge on any atom is 0.269 e. The minimum atomic E-state index is -0.998. The van der Waals surface area contributed by atoms with Crippen molar-refractivity contribution in [3.8, 4) is 0 Å². The molecule has 0 saturated heterocycles. The number of benzene rings is 4. The van der Waals surface area contributed by atoms with Crippen LogP contribution in [0.25, 0.3) is 21.5 Å². The van der Waals surface area contributed by atoms with E-state index in [0.29, 0.717) is 23.8 Å². The van der Waals surface area contributed by atoms with Gasteiger partial charge in [0.2, 0.25) is 11.6 Å². The summed E-state index contributed by atoms with van der Waals surface area (Å²) in [6, 6.07) is 25.7. The molecular formula is C28H22O4. The number of hydrogen-bond donors (Lipinski definition) is 0. The van der Waals surface area contributed by atoms with Crippen LogP contribution in [0.1, 0.15) is 46.4 Å². The Labute approximate surface area is 185 Å². The van der Waals surface area contributed by atoms with E-state index in [4.69, 9.17) is 0 Å². The molecular weight excluding hydrogens is 400 g/mol. The Morgan fingerprint density at radius 2 is 1.03 bits per heavy atom. The molecule has 4 heteroatoms. The molecule has 0 atom stereocenters. The Hall–Kier alpha value is -3.92. The van der Waals surface area contributed by atoms with E-state index in [1.54, 1.807) is 24.3 Å². The zero-order chi connectivity index (χ0) is 22.5. The van der Waals surface area contributed by atoms with Crippen LogP contribution in [0.3, 0.4) is 0 Å². The highest BCUT2D eigenvalue weighted by atomic mass is 16.2. The summed E-state index contributed by atoms with van der Waals surface area (Å²) in [4.78, 5) is 50.0. The molecule has 0 unspecified atom stereocenters. The van der Waals surface area contributed by atoms with Crippen molar-refractivity contribution in [1.82, 2.24) is 0 Å². The molecule has 0 radical (unpaired) electrons. The van der Waals surface area contributed by atoms with Gasteiger partial charge in [0.25, 0.3) is 5.78 Å². The Bertz CT molecular complexity index is 1340. The molecule has 0 aromatic heterocycles. The highest BCUT2D eigenvalue weighted by Crippen LogP contribution is 2.21. The molecule has 0 aliphatic heterocycles. The number of ketones is 4. The standard InChI is InChI=1S/C28H22O4/c29-25(23-15-7-11-19-9-1-3-13-21(19)23)17-5-6-18-26(30)28(32)27(31)24-16-8-12-20-10-2-4-14-22(20)24/h1-4,7-16H,5-6,17-18H2. The molecule has 0 aliphatic carbocycles. The van der Waals surface area contributed by atoms with E-state index >= 15 is 0 Å². The van der Waals surface area contributed by atoms with Gasteiger partial charge in [-0.3, -0.25) is 19.2 Å². The van der Waals surface area contributed by atoms with E-state index in [9.17, 15) is 19.2 Å². The molecule has 4 rings (SSSR count). The third-order valence-corrected chi connectivity index (χ3v) is 5.64. The van der Waals surface area contributed by atoms with E-state index in [-0.39, 0.29) is 24.2 Å². The normalized spacial score (nSPS) is 10.9. The highest BCUT2D eigenvalue weighted by Gasteiger charge is 2.25. The van der Waals surface area contributed by atoms with E-state index in [0.717, 1.165) is 16.2 Å². The molecule has 0 saturated carbocycles. The first-order valence-corrected chi connectivity index (χ1v) is 10.7. The summed E-state index contributed by atoms with van der Waals surface area (Å²) in [7, 11) is 0. The van der Waals surface area contributed by atoms with Crippen molar-refractivity contribution in [3.05, 3.63) is 96.1 Å². The molecule has 0 bridgehead atoms. The molecule has 4 aromatic carbocycles. The zero-order valence-electron chi connectivity index (χ0n) is 17.5. The Morgan fingerprint density at radius 1 is 0.531 bits per heavy atom. The van der Waals surface area contributed by atoms with Gasteiger partial charge in [-0.1, -0.05) is 84.9 Å². The van der Waals surface area contributed by atoms with Crippen LogP contribution < -0.4 is 0 Å². The third kappa shape index (κ3) is 4.40. The summed E-state index contributed by atoms with van der Waals surface area (Å²) in [5.41, 5.74) is 0.907. The number of carbonyl (C=O) groups is 4. The van der Waals surface area contributed by atoms with Gasteiger partial charge in [0.1, 0.15) is 0 Å². The first-order chi connectivity index (χ1) is 15.6. The lowest BCUT2D eigenvalue weighted by molar-refractivity contribution is -0.134. The van der Waals surface area contributed by atoms with Gasteiger partial charge < -0.3 is 0 Å². The van der Waals surface area contributed by atoms with E-state index in [1.165, 1.54) is 0 Å². The summed E-state index contributed by atoms with van der Waals surface area (Å²) in [6.45, 7) is 0. The number of fused-ring (bicyclic) bond motifs is 2. The van der Waals surface area contributed by atoms with Crippen LogP contribution in [0.2, 0.25) is 0 Å². The quantitative estimate of drug-likeness (QED) is 0.149. The first kappa shape index (κ1) is 21.3. The fourth-order valence-electron chi connectivity index (χ4n) is 3.96. The van der Waals surface area contributed by atoms with Crippen molar-refractivity contribution < 1.29 is 19.2 Å². The van der Waals surface area contributed by atoms with Crippen LogP contribution in [0.15, 0.2) is 84.9 Å². The van der Waals surface area contributed by atoms with Crippen molar-refractivity contribution in [1.29, 1.82) is 0 Å². The topological polar surface area (TPSA) is 68.3 Å². The largest absolute Gasteiger partial charge is 0.294 e. The minimum Gasteiger partial charge on any atom is -0.294 e. The Morgan fingerprint density at radius 3 is 1.69 bits per heavy atom. The maximum absolute atomic E-state index is 12.6. The summed E-state index contributed by atoms with van der Waals surface area (Å²) in [5, 5.41) is 3.41. The number of carbonyl (C=O) groups excluding carboxylic acids is 4. The minimum absolute atomic E-state index is 0.00686. The van der Waals surface area contributed by atoms with Gasteiger partial charge in [-0.2, -0.15) is 0 Å². The van der Waals surface area contributed by atoms with Gasteiger partial charge in [-0.25, -0.2) is 0 Å². The second-order valence-corrected chi connectivity index (χ2v) is 7.77. The van der Waals surface area contributed by atoms with Crippen molar-refractivity contribution in [2.75, 3.05) is 0 Å². The Balaban J connectivity index is 1.34. The highest BCUT2D eigenvalue weighted by molar-refractivity contribution is 6.67. The lowest BCUT2D eigenvalue weighted by Gasteiger charge is -2.06. The lowest BCUT2D eigenvalue weighted by Crippen LogP contribution is -2.24. The summed E-state index contributed by atoms with van der Waals surface area (Å²) < 4.78 is 0. The molecule has 0 N–H and O–H groups in total. The van der Waals surface area contributed by atoms with Crippen LogP contribution in [0.5, 0.6) is 0 Å². The molecule has 32 heavy (non-hydrogen) atoms. The van der Waals surface area contributed by atoms with Crippen LogP contribution in [-0.4, -0.2) is 23.1 Å². The van der Waals surface area contributed by atoms with Crippen molar-refractivity contribution in [2.45, 2.75) is 25.7 Å². The van der Waals surface area contributed by atoms with Gasteiger partial charge in [-0.15, -0.1) is 0 Å². The van der Waals surface area contributed by atoms with Crippen LogP contribution in [0.4, 0.5) is 0 Å². The first-order valence-electron chi connectivity index (χ1n) is 10.7. The van der Waals surface area contributed by atoms with Crippen molar-refractivity contribution >= 4 is 44.7 Å². The molecule has 4 aromatic rings. The van der Waals surface area contributed by atoms with Gasteiger partial charge in [0.15, 0.2) is 5.78 Å². The number of rotatable bonds is 9. The molecule has 0 amide bonds. The van der Waals surface area contributed by atoms with Gasteiger partial charge in [0, 0.05) is 24.0 Å². The lowest BCUT2D eigenvalue weighted by atomic mass is 9.95. The van der Waals surface area contributed by atoms with Crippen molar-refractivity contribution in [3.63, 3.8) is 0 Å². The molecule has 0 heterocycles. The van der Waals surface area contributed by atoms with Crippen LogP contribution in [0, 0.1) is 0 Å². The van der Waals surface area contributed by atoms with Gasteiger partial charge in [-0.05, 0) is 34.4 Å². The number of hydrogen-bond acceptors (Lipinski definition) is 4. The predicted molar refractivity (Wildman–Crippen MR) is 125 cm³/mol. The van der Waals surface area contributed by atoms with Crippen LogP contribution >= 0.6 is 0 Å². The fraction of sp³-hybridized carbons (Fsp3) is 0.143. The number of unbranched alkanes of at least 4 members (excludes halogenated alkanes) is 1. The fourth-order valence-corrected chi connectivity index (χ4v) is 3.96. The zero-order valence-corrected chi connectivity index (χ0v) is 17.5. The maximum atomic E-state index is 12.6. The number of Topliss-reactive ketones (excluding diaryl/α,β-unsaturated/α-hetero) is 4. The Kier molecular flexibility index (Phi) is 6.31. The smallest absolute Gasteiger partial charge is 0.269 e. The van der Waals surface area contributed by atoms with E-state index in [2.05, 4.69) is 0 Å². The average Bonchev–Trinajstić information content (AvgIpc) is 2.84. The third-order valence-electron chi connectivity index (χ3n) is 5.64. The van der Waals surface area contributed by atoms with Crippen molar-refractivity contribution in [2.24, 2.45) is 0 Å². The summed E-state index contributed by atoms with van der Waals surface area (Å²) in [6.07, 6.45) is 1.10. The molecule has 0 aliphatic rings. The molecule has 4 nitrogen and oxygen atoms in total. The second kappa shape index (κ2) is 9.48. The second-order valence-electron chi connectivity index (χ2n) is 7.77. The average molecular weight is 422 g/mol. The van der Waals surface area contributed by atoms with Gasteiger partial charge in [0.05, 0.1) is 0 Å². The van der Waals surface area contributed by atoms with E-state index < -0.39 is 17.3 Å². The SMILES string of the molecule is O=C(CCCCC(=O)c1cccc2ccccc12)C(=O)C(=O)c1cccc2ccccc12. The van der Waals surface area contributed by atoms with Crippen LogP contribution in [-0.2, 0) is 9.59 Å². The monoisotopic (exact) mass is 422 g/mol. The summed E-state index contributed by atoms with van der Waals surface area (Å²) in [5.74, 6) is -2.48. The van der Waals surface area contributed by atoms with Gasteiger partial charge >= 0.3 is 0 Å². The molecule has 0 fully saturated rings. The molecule has 0 spiro atoms. The predicted octanol–water partition coefficient (Wildman–Crippen LogP) is 5.76. The molecule has 158 valence electrons. The summed E-state index contributed by atoms with van der Waals surface area (Å²) >= 11 is 0.